The maximum absolute atomic E-state index is 5.79. The van der Waals surface area contributed by atoms with Crippen molar-refractivity contribution < 1.29 is 14.2 Å². The number of hydrogen-bond donors (Lipinski definition) is 0. The van der Waals surface area contributed by atoms with Gasteiger partial charge in [-0.1, -0.05) is 42.5 Å². The summed E-state index contributed by atoms with van der Waals surface area (Å²) in [4.78, 5) is 0. The first-order valence-corrected chi connectivity index (χ1v) is 7.29. The van der Waals surface area contributed by atoms with Crippen molar-refractivity contribution in [1.82, 2.24) is 0 Å². The van der Waals surface area contributed by atoms with Crippen LogP contribution in [0, 0.1) is 0 Å². The highest BCUT2D eigenvalue weighted by Gasteiger charge is 2.07. The fourth-order valence-corrected chi connectivity index (χ4v) is 2.15. The SMILES string of the molecule is COCC(C)O/C=C(\c1ccccc1)c1ccc(OC)cc1. The van der Waals surface area contributed by atoms with Gasteiger partial charge in [0.15, 0.2) is 0 Å². The van der Waals surface area contributed by atoms with Gasteiger partial charge in [-0.3, -0.25) is 0 Å². The maximum atomic E-state index is 5.79. The van der Waals surface area contributed by atoms with Crippen LogP contribution in [0.15, 0.2) is 60.9 Å². The van der Waals surface area contributed by atoms with Crippen molar-refractivity contribution in [3.8, 4) is 5.75 Å². The van der Waals surface area contributed by atoms with Gasteiger partial charge in [-0.2, -0.15) is 0 Å². The number of benzene rings is 2. The number of rotatable bonds is 7. The van der Waals surface area contributed by atoms with Gasteiger partial charge in [0.25, 0.3) is 0 Å². The molecule has 0 heterocycles. The molecule has 3 heteroatoms. The zero-order valence-electron chi connectivity index (χ0n) is 13.3. The quantitative estimate of drug-likeness (QED) is 0.719. The normalized spacial score (nSPS) is 12.8. The zero-order chi connectivity index (χ0) is 15.8. The molecular weight excluding hydrogens is 276 g/mol. The standard InChI is InChI=1S/C19H22O3/c1-15(13-20-2)22-14-19(16-7-5-4-6-8-16)17-9-11-18(21-3)12-10-17/h4-12,14-15H,13H2,1-3H3/b19-14+. The van der Waals surface area contributed by atoms with E-state index in [1.807, 2.05) is 49.4 Å². The van der Waals surface area contributed by atoms with Crippen LogP contribution in [0.1, 0.15) is 18.1 Å². The molecule has 3 nitrogen and oxygen atoms in total. The van der Waals surface area contributed by atoms with E-state index in [-0.39, 0.29) is 6.10 Å². The molecule has 2 aromatic carbocycles. The van der Waals surface area contributed by atoms with E-state index in [0.29, 0.717) is 6.61 Å². The second-order valence-electron chi connectivity index (χ2n) is 5.03. The van der Waals surface area contributed by atoms with Crippen LogP contribution >= 0.6 is 0 Å². The van der Waals surface area contributed by atoms with Gasteiger partial charge in [0.2, 0.25) is 0 Å². The Hall–Kier alpha value is -2.26. The molecule has 0 N–H and O–H groups in total. The van der Waals surface area contributed by atoms with Gasteiger partial charge in [-0.15, -0.1) is 0 Å². The summed E-state index contributed by atoms with van der Waals surface area (Å²) < 4.78 is 16.1. The van der Waals surface area contributed by atoms with E-state index in [1.165, 1.54) is 0 Å². The number of methoxy groups -OCH3 is 2. The lowest BCUT2D eigenvalue weighted by atomic mass is 9.99. The molecule has 2 aromatic rings. The molecule has 116 valence electrons. The predicted molar refractivity (Wildman–Crippen MR) is 88.9 cm³/mol. The lowest BCUT2D eigenvalue weighted by molar-refractivity contribution is 0.0639. The van der Waals surface area contributed by atoms with Crippen LogP contribution in [0.4, 0.5) is 0 Å². The minimum atomic E-state index is 0.00182. The average Bonchev–Trinajstić information content (AvgIpc) is 2.57. The van der Waals surface area contributed by atoms with Crippen molar-refractivity contribution in [2.24, 2.45) is 0 Å². The smallest absolute Gasteiger partial charge is 0.118 e. The molecule has 0 saturated carbocycles. The Morgan fingerprint density at radius 1 is 0.955 bits per heavy atom. The summed E-state index contributed by atoms with van der Waals surface area (Å²) >= 11 is 0. The molecule has 0 radical (unpaired) electrons. The van der Waals surface area contributed by atoms with Gasteiger partial charge in [-0.25, -0.2) is 0 Å². The van der Waals surface area contributed by atoms with Gasteiger partial charge in [-0.05, 0) is 30.2 Å². The van der Waals surface area contributed by atoms with Gasteiger partial charge in [0.05, 0.1) is 20.0 Å². The molecule has 1 unspecified atom stereocenters. The third-order valence-corrected chi connectivity index (χ3v) is 3.31. The van der Waals surface area contributed by atoms with Crippen molar-refractivity contribution in [2.75, 3.05) is 20.8 Å². The third kappa shape index (κ3) is 4.37. The molecule has 0 bridgehead atoms. The fourth-order valence-electron chi connectivity index (χ4n) is 2.15. The Morgan fingerprint density at radius 2 is 1.59 bits per heavy atom. The molecule has 0 saturated heterocycles. The molecule has 0 aromatic heterocycles. The molecule has 22 heavy (non-hydrogen) atoms. The summed E-state index contributed by atoms with van der Waals surface area (Å²) in [5.74, 6) is 0.838. The van der Waals surface area contributed by atoms with Gasteiger partial charge in [0, 0.05) is 12.7 Å². The van der Waals surface area contributed by atoms with Crippen molar-refractivity contribution in [1.29, 1.82) is 0 Å². The van der Waals surface area contributed by atoms with Crippen LogP contribution < -0.4 is 4.74 Å². The fraction of sp³-hybridized carbons (Fsp3) is 0.263. The molecule has 0 aliphatic heterocycles. The van der Waals surface area contributed by atoms with E-state index < -0.39 is 0 Å². The lowest BCUT2D eigenvalue weighted by Crippen LogP contribution is -2.11. The van der Waals surface area contributed by atoms with E-state index in [2.05, 4.69) is 12.1 Å². The minimum absolute atomic E-state index is 0.00182. The topological polar surface area (TPSA) is 27.7 Å². The largest absolute Gasteiger partial charge is 0.497 e. The van der Waals surface area contributed by atoms with Crippen LogP contribution in [0.25, 0.3) is 5.57 Å². The summed E-state index contributed by atoms with van der Waals surface area (Å²) in [7, 11) is 3.34. The monoisotopic (exact) mass is 298 g/mol. The molecular formula is C19H22O3. The van der Waals surface area contributed by atoms with Crippen molar-refractivity contribution in [3.63, 3.8) is 0 Å². The summed E-state index contributed by atoms with van der Waals surface area (Å²) in [6.45, 7) is 2.54. The van der Waals surface area contributed by atoms with E-state index in [1.54, 1.807) is 20.5 Å². The summed E-state index contributed by atoms with van der Waals surface area (Å²) in [6.07, 6.45) is 1.81. The highest BCUT2D eigenvalue weighted by molar-refractivity contribution is 5.79. The predicted octanol–water partition coefficient (Wildman–Crippen LogP) is 4.14. The molecule has 2 rings (SSSR count). The van der Waals surface area contributed by atoms with Gasteiger partial charge < -0.3 is 14.2 Å². The maximum Gasteiger partial charge on any atom is 0.118 e. The second kappa shape index (κ2) is 8.25. The first kappa shape index (κ1) is 16.1. The van der Waals surface area contributed by atoms with E-state index in [9.17, 15) is 0 Å². The van der Waals surface area contributed by atoms with E-state index in [4.69, 9.17) is 14.2 Å². The summed E-state index contributed by atoms with van der Waals surface area (Å²) in [5, 5.41) is 0. The Balaban J connectivity index is 2.30. The number of ether oxygens (including phenoxy) is 3. The van der Waals surface area contributed by atoms with E-state index >= 15 is 0 Å². The molecule has 0 fully saturated rings. The average molecular weight is 298 g/mol. The molecule has 0 amide bonds. The van der Waals surface area contributed by atoms with Crippen LogP contribution in [0.2, 0.25) is 0 Å². The summed E-state index contributed by atoms with van der Waals surface area (Å²) in [5.41, 5.74) is 3.22. The Morgan fingerprint density at radius 3 is 2.18 bits per heavy atom. The second-order valence-corrected chi connectivity index (χ2v) is 5.03. The Bertz CT molecular complexity index is 588. The van der Waals surface area contributed by atoms with Crippen LogP contribution in [-0.2, 0) is 9.47 Å². The zero-order valence-corrected chi connectivity index (χ0v) is 13.3. The summed E-state index contributed by atoms with van der Waals surface area (Å²) in [6, 6.07) is 18.1. The van der Waals surface area contributed by atoms with Crippen LogP contribution in [0.5, 0.6) is 5.75 Å². The van der Waals surface area contributed by atoms with Crippen LogP contribution in [-0.4, -0.2) is 26.9 Å². The first-order chi connectivity index (χ1) is 10.7. The Labute approximate surface area is 132 Å². The van der Waals surface area contributed by atoms with Crippen molar-refractivity contribution in [2.45, 2.75) is 13.0 Å². The van der Waals surface area contributed by atoms with Crippen molar-refractivity contribution >= 4 is 5.57 Å². The highest BCUT2D eigenvalue weighted by atomic mass is 16.5. The van der Waals surface area contributed by atoms with Crippen LogP contribution in [0.3, 0.4) is 0 Å². The molecule has 1 atom stereocenters. The lowest BCUT2D eigenvalue weighted by Gasteiger charge is -2.14. The van der Waals surface area contributed by atoms with Gasteiger partial charge >= 0.3 is 0 Å². The van der Waals surface area contributed by atoms with Crippen molar-refractivity contribution in [3.05, 3.63) is 72.0 Å². The highest BCUT2D eigenvalue weighted by Crippen LogP contribution is 2.25. The Kier molecular flexibility index (Phi) is 6.04. The first-order valence-electron chi connectivity index (χ1n) is 7.29. The van der Waals surface area contributed by atoms with E-state index in [0.717, 1.165) is 22.4 Å². The minimum Gasteiger partial charge on any atom is -0.497 e. The molecule has 0 aliphatic rings. The molecule has 0 spiro atoms. The number of hydrogen-bond acceptors (Lipinski definition) is 3. The van der Waals surface area contributed by atoms with Gasteiger partial charge in [0.1, 0.15) is 11.9 Å². The third-order valence-electron chi connectivity index (χ3n) is 3.31. The molecule has 0 aliphatic carbocycles.